The first-order chi connectivity index (χ1) is 11.7. The average molecular weight is 332 g/mol. The molecule has 0 amide bonds. The van der Waals surface area contributed by atoms with Gasteiger partial charge >= 0.3 is 0 Å². The molecule has 2 N–H and O–H groups in total. The van der Waals surface area contributed by atoms with Gasteiger partial charge < -0.3 is 20.3 Å². The number of hydrogen-bond acceptors (Lipinski definition) is 3. The van der Waals surface area contributed by atoms with Gasteiger partial charge in [0.15, 0.2) is 5.96 Å². The van der Waals surface area contributed by atoms with E-state index >= 15 is 0 Å². The molecule has 1 aromatic carbocycles. The largest absolute Gasteiger partial charge is 0.496 e. The molecule has 5 heteroatoms. The van der Waals surface area contributed by atoms with Crippen LogP contribution in [0.1, 0.15) is 37.7 Å². The van der Waals surface area contributed by atoms with Crippen molar-refractivity contribution in [1.82, 2.24) is 15.5 Å². The molecule has 0 heterocycles. The van der Waals surface area contributed by atoms with E-state index in [0.29, 0.717) is 6.54 Å². The molecule has 0 atom stereocenters. The van der Waals surface area contributed by atoms with Gasteiger partial charge in [0.1, 0.15) is 5.75 Å². The van der Waals surface area contributed by atoms with Gasteiger partial charge in [-0.1, -0.05) is 37.5 Å². The second-order valence-corrected chi connectivity index (χ2v) is 6.44. The highest BCUT2D eigenvalue weighted by Gasteiger charge is 2.17. The average Bonchev–Trinajstić information content (AvgIpc) is 2.65. The summed E-state index contributed by atoms with van der Waals surface area (Å²) in [5.74, 6) is 1.73. The Bertz CT molecular complexity index is 512. The third-order valence-electron chi connectivity index (χ3n) is 4.82. The molecule has 0 unspecified atom stereocenters. The van der Waals surface area contributed by atoms with Crippen molar-refractivity contribution in [2.45, 2.75) is 44.7 Å². The number of nitrogens with zero attached hydrogens (tertiary/aromatic N) is 2. The van der Waals surface area contributed by atoms with E-state index in [2.05, 4.69) is 33.6 Å². The zero-order chi connectivity index (χ0) is 17.2. The molecule has 134 valence electrons. The van der Waals surface area contributed by atoms with Crippen LogP contribution < -0.4 is 15.4 Å². The van der Waals surface area contributed by atoms with E-state index in [1.54, 1.807) is 7.11 Å². The van der Waals surface area contributed by atoms with E-state index in [-0.39, 0.29) is 0 Å². The van der Waals surface area contributed by atoms with E-state index in [1.165, 1.54) is 32.1 Å². The molecular weight excluding hydrogens is 300 g/mol. The molecule has 0 bridgehead atoms. The molecule has 1 aliphatic rings. The Morgan fingerprint density at radius 2 is 1.96 bits per heavy atom. The molecular formula is C19H32N4O. The van der Waals surface area contributed by atoms with Crippen molar-refractivity contribution in [2.24, 2.45) is 4.99 Å². The van der Waals surface area contributed by atoms with E-state index in [0.717, 1.165) is 36.4 Å². The van der Waals surface area contributed by atoms with Crippen molar-refractivity contribution >= 4 is 5.96 Å². The maximum absolute atomic E-state index is 5.38. The molecule has 1 saturated carbocycles. The summed E-state index contributed by atoms with van der Waals surface area (Å²) in [6.45, 7) is 2.64. The van der Waals surface area contributed by atoms with E-state index in [9.17, 15) is 0 Å². The van der Waals surface area contributed by atoms with Gasteiger partial charge in [0.25, 0.3) is 0 Å². The number of guanidine groups is 1. The lowest BCUT2D eigenvalue weighted by atomic mass is 9.94. The Morgan fingerprint density at radius 3 is 2.67 bits per heavy atom. The number of para-hydroxylation sites is 1. The highest BCUT2D eigenvalue weighted by atomic mass is 16.5. The third kappa shape index (κ3) is 5.71. The fourth-order valence-electron chi connectivity index (χ4n) is 3.30. The molecule has 2 rings (SSSR count). The molecule has 0 saturated heterocycles. The molecule has 0 radical (unpaired) electrons. The first kappa shape index (κ1) is 18.6. The topological polar surface area (TPSA) is 48.9 Å². The van der Waals surface area contributed by atoms with Gasteiger partial charge in [0.05, 0.1) is 7.11 Å². The van der Waals surface area contributed by atoms with Crippen molar-refractivity contribution in [3.8, 4) is 5.75 Å². The smallest absolute Gasteiger partial charge is 0.191 e. The normalized spacial score (nSPS) is 16.2. The molecule has 24 heavy (non-hydrogen) atoms. The number of benzene rings is 1. The predicted molar refractivity (Wildman–Crippen MR) is 101 cm³/mol. The highest BCUT2D eigenvalue weighted by molar-refractivity contribution is 5.79. The zero-order valence-corrected chi connectivity index (χ0v) is 15.3. The van der Waals surface area contributed by atoms with Crippen LogP contribution in [-0.2, 0) is 6.54 Å². The number of likely N-dealkylation sites (N-methyl/N-ethyl adjacent to an activating group) is 1. The minimum absolute atomic E-state index is 0.697. The van der Waals surface area contributed by atoms with Crippen molar-refractivity contribution in [3.63, 3.8) is 0 Å². The minimum Gasteiger partial charge on any atom is -0.496 e. The lowest BCUT2D eigenvalue weighted by molar-refractivity contribution is 0.194. The van der Waals surface area contributed by atoms with Crippen LogP contribution in [0.5, 0.6) is 5.75 Å². The summed E-state index contributed by atoms with van der Waals surface area (Å²) in [6, 6.07) is 8.80. The Balaban J connectivity index is 1.72. The first-order valence-electron chi connectivity index (χ1n) is 9.01. The van der Waals surface area contributed by atoms with Crippen LogP contribution in [-0.4, -0.2) is 51.2 Å². The zero-order valence-electron chi connectivity index (χ0n) is 15.3. The standard InChI is InChI=1S/C19H32N4O/c1-20-19(22-15-16-9-7-8-12-18(16)24-3)21-13-14-23(2)17-10-5-4-6-11-17/h7-9,12,17H,4-6,10-11,13-15H2,1-3H3,(H2,20,21,22). The summed E-state index contributed by atoms with van der Waals surface area (Å²) in [5.41, 5.74) is 1.13. The molecule has 1 aromatic rings. The van der Waals surface area contributed by atoms with Gasteiger partial charge in [0, 0.05) is 38.3 Å². The van der Waals surface area contributed by atoms with Crippen LogP contribution in [0.2, 0.25) is 0 Å². The van der Waals surface area contributed by atoms with Crippen LogP contribution in [0, 0.1) is 0 Å². The summed E-state index contributed by atoms with van der Waals surface area (Å²) in [7, 11) is 5.75. The van der Waals surface area contributed by atoms with Gasteiger partial charge in [-0.3, -0.25) is 4.99 Å². The van der Waals surface area contributed by atoms with Gasteiger partial charge in [-0.25, -0.2) is 0 Å². The first-order valence-corrected chi connectivity index (χ1v) is 9.01. The van der Waals surface area contributed by atoms with Gasteiger partial charge in [-0.2, -0.15) is 0 Å². The number of methoxy groups -OCH3 is 1. The quantitative estimate of drug-likeness (QED) is 0.595. The number of aliphatic imine (C=N–C) groups is 1. The lowest BCUT2D eigenvalue weighted by Crippen LogP contribution is -2.43. The summed E-state index contributed by atoms with van der Waals surface area (Å²) in [4.78, 5) is 6.79. The number of rotatable bonds is 7. The molecule has 0 spiro atoms. The maximum Gasteiger partial charge on any atom is 0.191 e. The number of hydrogen-bond donors (Lipinski definition) is 2. The number of ether oxygens (including phenoxy) is 1. The fourth-order valence-corrected chi connectivity index (χ4v) is 3.30. The SMILES string of the molecule is CN=C(NCCN(C)C1CCCCC1)NCc1ccccc1OC. The summed E-state index contributed by atoms with van der Waals surface area (Å²) < 4.78 is 5.38. The Labute approximate surface area is 146 Å². The second-order valence-electron chi connectivity index (χ2n) is 6.44. The lowest BCUT2D eigenvalue weighted by Gasteiger charge is -2.31. The molecule has 0 aromatic heterocycles. The summed E-state index contributed by atoms with van der Waals surface area (Å²) >= 11 is 0. The van der Waals surface area contributed by atoms with Crippen LogP contribution in [0.15, 0.2) is 29.3 Å². The molecule has 0 aliphatic heterocycles. The third-order valence-corrected chi connectivity index (χ3v) is 4.82. The van der Waals surface area contributed by atoms with Crippen LogP contribution >= 0.6 is 0 Å². The van der Waals surface area contributed by atoms with Gasteiger partial charge in [-0.05, 0) is 26.0 Å². The van der Waals surface area contributed by atoms with Crippen molar-refractivity contribution in [2.75, 3.05) is 34.3 Å². The predicted octanol–water partition coefficient (Wildman–Crippen LogP) is 2.62. The Morgan fingerprint density at radius 1 is 1.21 bits per heavy atom. The fraction of sp³-hybridized carbons (Fsp3) is 0.632. The van der Waals surface area contributed by atoms with Gasteiger partial charge in [-0.15, -0.1) is 0 Å². The van der Waals surface area contributed by atoms with E-state index in [4.69, 9.17) is 4.74 Å². The monoisotopic (exact) mass is 332 g/mol. The van der Waals surface area contributed by atoms with Crippen molar-refractivity contribution in [3.05, 3.63) is 29.8 Å². The molecule has 1 aliphatic carbocycles. The Kier molecular flexibility index (Phi) is 7.89. The highest BCUT2D eigenvalue weighted by Crippen LogP contribution is 2.21. The van der Waals surface area contributed by atoms with E-state index in [1.807, 2.05) is 25.2 Å². The second kappa shape index (κ2) is 10.2. The molecule has 5 nitrogen and oxygen atoms in total. The maximum atomic E-state index is 5.38. The molecule has 1 fully saturated rings. The summed E-state index contributed by atoms with van der Waals surface area (Å²) in [5, 5.41) is 6.76. The van der Waals surface area contributed by atoms with Crippen LogP contribution in [0.3, 0.4) is 0 Å². The van der Waals surface area contributed by atoms with Gasteiger partial charge in [0.2, 0.25) is 0 Å². The van der Waals surface area contributed by atoms with Crippen LogP contribution in [0.4, 0.5) is 0 Å². The summed E-state index contributed by atoms with van der Waals surface area (Å²) in [6.07, 6.45) is 6.85. The van der Waals surface area contributed by atoms with Crippen molar-refractivity contribution in [1.29, 1.82) is 0 Å². The Hall–Kier alpha value is -1.75. The van der Waals surface area contributed by atoms with Crippen molar-refractivity contribution < 1.29 is 4.74 Å². The minimum atomic E-state index is 0.697. The van der Waals surface area contributed by atoms with E-state index < -0.39 is 0 Å². The van der Waals surface area contributed by atoms with Crippen LogP contribution in [0.25, 0.3) is 0 Å². The number of nitrogens with one attached hydrogen (secondary N) is 2.